The van der Waals surface area contributed by atoms with E-state index in [1.54, 1.807) is 7.11 Å². The van der Waals surface area contributed by atoms with Crippen molar-refractivity contribution in [2.45, 2.75) is 52.0 Å². The first kappa shape index (κ1) is 13.9. The molecule has 2 N–H and O–H groups in total. The van der Waals surface area contributed by atoms with Gasteiger partial charge in [0.25, 0.3) is 0 Å². The van der Waals surface area contributed by atoms with Gasteiger partial charge in [0.15, 0.2) is 0 Å². The fraction of sp³-hybridized carbons (Fsp3) is 0.706. The minimum Gasteiger partial charge on any atom is -0.496 e. The van der Waals surface area contributed by atoms with Crippen molar-refractivity contribution in [2.24, 2.45) is 23.5 Å². The first-order valence-electron chi connectivity index (χ1n) is 7.88. The van der Waals surface area contributed by atoms with Crippen LogP contribution in [0, 0.1) is 31.6 Å². The van der Waals surface area contributed by atoms with E-state index in [4.69, 9.17) is 10.5 Å². The van der Waals surface area contributed by atoms with Gasteiger partial charge < -0.3 is 10.5 Å². The summed E-state index contributed by atoms with van der Waals surface area (Å²) >= 11 is 0. The van der Waals surface area contributed by atoms with Crippen molar-refractivity contribution in [3.05, 3.63) is 23.0 Å². The number of aryl methyl sites for hydroxylation is 1. The molecule has 0 spiro atoms. The van der Waals surface area contributed by atoms with Crippen LogP contribution in [0.4, 0.5) is 0 Å². The zero-order valence-electron chi connectivity index (χ0n) is 12.9. The van der Waals surface area contributed by atoms with Gasteiger partial charge in [0, 0.05) is 35.5 Å². The van der Waals surface area contributed by atoms with Gasteiger partial charge in [0.2, 0.25) is 0 Å². The molecule has 0 bridgehead atoms. The summed E-state index contributed by atoms with van der Waals surface area (Å²) in [6, 6.07) is 0.265. The Labute approximate surface area is 121 Å². The number of ether oxygens (including phenoxy) is 1. The highest BCUT2D eigenvalue weighted by Crippen LogP contribution is 2.56. The van der Waals surface area contributed by atoms with Gasteiger partial charge in [-0.25, -0.2) is 0 Å². The van der Waals surface area contributed by atoms with E-state index < -0.39 is 0 Å². The predicted molar refractivity (Wildman–Crippen MR) is 80.9 cm³/mol. The summed E-state index contributed by atoms with van der Waals surface area (Å²) in [6.45, 7) is 4.14. The lowest BCUT2D eigenvalue weighted by atomic mass is 10.0. The largest absolute Gasteiger partial charge is 0.496 e. The maximum atomic E-state index is 6.49. The molecule has 1 heterocycles. The zero-order valence-corrected chi connectivity index (χ0v) is 12.9. The Balaban J connectivity index is 1.72. The average Bonchev–Trinajstić information content (AvgIpc) is 3.17. The average molecular weight is 274 g/mol. The second kappa shape index (κ2) is 5.36. The van der Waals surface area contributed by atoms with Gasteiger partial charge in [-0.2, -0.15) is 0 Å². The third kappa shape index (κ3) is 2.32. The minimum atomic E-state index is 0.265. The second-order valence-corrected chi connectivity index (χ2v) is 6.60. The van der Waals surface area contributed by atoms with Crippen LogP contribution < -0.4 is 10.5 Å². The highest BCUT2D eigenvalue weighted by Gasteiger charge is 2.53. The van der Waals surface area contributed by atoms with Crippen LogP contribution in [0.1, 0.15) is 42.5 Å². The fourth-order valence-corrected chi connectivity index (χ4v) is 4.32. The van der Waals surface area contributed by atoms with Crippen molar-refractivity contribution in [1.82, 2.24) is 4.98 Å². The molecule has 2 saturated carbocycles. The van der Waals surface area contributed by atoms with Crippen LogP contribution in [0.5, 0.6) is 5.75 Å². The molecule has 0 radical (unpaired) electrons. The number of aromatic nitrogens is 1. The molecular formula is C17H26N2O. The number of hydrogen-bond donors (Lipinski definition) is 1. The van der Waals surface area contributed by atoms with Crippen molar-refractivity contribution in [3.8, 4) is 5.75 Å². The summed E-state index contributed by atoms with van der Waals surface area (Å²) < 4.78 is 5.49. The number of methoxy groups -OCH3 is 1. The number of rotatable bonds is 4. The van der Waals surface area contributed by atoms with Crippen LogP contribution in [0.2, 0.25) is 0 Å². The minimum absolute atomic E-state index is 0.265. The second-order valence-electron chi connectivity index (χ2n) is 6.60. The lowest BCUT2D eigenvalue weighted by Gasteiger charge is -2.16. The van der Waals surface area contributed by atoms with Crippen LogP contribution in [-0.4, -0.2) is 18.1 Å². The molecule has 1 aromatic heterocycles. The smallest absolute Gasteiger partial charge is 0.128 e. The molecule has 2 aliphatic carbocycles. The number of nitrogens with two attached hydrogens (primary N) is 1. The molecule has 3 atom stereocenters. The zero-order chi connectivity index (χ0) is 14.3. The molecular weight excluding hydrogens is 248 g/mol. The molecule has 3 heteroatoms. The van der Waals surface area contributed by atoms with Crippen molar-refractivity contribution in [1.29, 1.82) is 0 Å². The summed E-state index contributed by atoms with van der Waals surface area (Å²) in [5.41, 5.74) is 9.86. The van der Waals surface area contributed by atoms with Crippen LogP contribution in [0.15, 0.2) is 6.20 Å². The summed E-state index contributed by atoms with van der Waals surface area (Å²) in [7, 11) is 1.73. The van der Waals surface area contributed by atoms with Gasteiger partial charge in [-0.15, -0.1) is 0 Å². The maximum absolute atomic E-state index is 6.49. The van der Waals surface area contributed by atoms with Gasteiger partial charge in [0.1, 0.15) is 5.75 Å². The number of pyridine rings is 1. The Morgan fingerprint density at radius 2 is 1.95 bits per heavy atom. The van der Waals surface area contributed by atoms with Crippen molar-refractivity contribution in [2.75, 3.05) is 7.11 Å². The van der Waals surface area contributed by atoms with Crippen LogP contribution in [-0.2, 0) is 6.42 Å². The van der Waals surface area contributed by atoms with Gasteiger partial charge in [0.05, 0.1) is 7.11 Å². The summed E-state index contributed by atoms with van der Waals surface area (Å²) in [4.78, 5) is 4.59. The first-order chi connectivity index (χ1) is 9.63. The van der Waals surface area contributed by atoms with Crippen molar-refractivity contribution < 1.29 is 4.74 Å². The molecule has 2 aliphatic rings. The third-order valence-corrected chi connectivity index (χ3v) is 5.40. The van der Waals surface area contributed by atoms with Crippen LogP contribution in [0.3, 0.4) is 0 Å². The number of nitrogens with zero attached hydrogens (tertiary/aromatic N) is 1. The summed E-state index contributed by atoms with van der Waals surface area (Å²) in [5.74, 6) is 3.53. The molecule has 1 aromatic rings. The van der Waals surface area contributed by atoms with Gasteiger partial charge in [-0.05, 0) is 44.4 Å². The molecule has 2 fully saturated rings. The quantitative estimate of drug-likeness (QED) is 0.918. The Hall–Kier alpha value is -1.09. The highest BCUT2D eigenvalue weighted by atomic mass is 16.5. The molecule has 0 amide bonds. The predicted octanol–water partition coefficient (Wildman–Crippen LogP) is 3.01. The molecule has 3 rings (SSSR count). The van der Waals surface area contributed by atoms with Crippen LogP contribution >= 0.6 is 0 Å². The van der Waals surface area contributed by atoms with E-state index in [1.165, 1.54) is 25.7 Å². The van der Waals surface area contributed by atoms with E-state index in [0.717, 1.165) is 46.7 Å². The Bertz CT molecular complexity index is 488. The van der Waals surface area contributed by atoms with Crippen molar-refractivity contribution in [3.63, 3.8) is 0 Å². The highest BCUT2D eigenvalue weighted by molar-refractivity contribution is 5.41. The summed E-state index contributed by atoms with van der Waals surface area (Å²) in [6.07, 6.45) is 8.40. The normalized spacial score (nSPS) is 29.7. The molecule has 0 aromatic carbocycles. The summed E-state index contributed by atoms with van der Waals surface area (Å²) in [5, 5.41) is 0. The van der Waals surface area contributed by atoms with Crippen molar-refractivity contribution >= 4 is 0 Å². The van der Waals surface area contributed by atoms with E-state index in [2.05, 4.69) is 11.9 Å². The monoisotopic (exact) mass is 274 g/mol. The lowest BCUT2D eigenvalue weighted by Crippen LogP contribution is -2.27. The standard InChI is InChI=1S/C17H26N2O/c1-10-9-19-15(11(2)17(10)20-3)8-14(18)16-12-6-4-5-7-13(12)16/h9,12-14,16H,4-8,18H2,1-3H3. The fourth-order valence-electron chi connectivity index (χ4n) is 4.32. The third-order valence-electron chi connectivity index (χ3n) is 5.40. The van der Waals surface area contributed by atoms with E-state index in [9.17, 15) is 0 Å². The molecule has 3 nitrogen and oxygen atoms in total. The molecule has 0 aliphatic heterocycles. The van der Waals surface area contributed by atoms with E-state index in [0.29, 0.717) is 0 Å². The Kier molecular flexibility index (Phi) is 3.72. The van der Waals surface area contributed by atoms with Gasteiger partial charge in [-0.3, -0.25) is 4.98 Å². The molecule has 20 heavy (non-hydrogen) atoms. The lowest BCUT2D eigenvalue weighted by molar-refractivity contribution is 0.406. The Morgan fingerprint density at radius 1 is 1.30 bits per heavy atom. The van der Waals surface area contributed by atoms with Gasteiger partial charge in [-0.1, -0.05) is 12.8 Å². The maximum Gasteiger partial charge on any atom is 0.128 e. The van der Waals surface area contributed by atoms with Gasteiger partial charge >= 0.3 is 0 Å². The van der Waals surface area contributed by atoms with E-state index in [1.807, 2.05) is 13.1 Å². The van der Waals surface area contributed by atoms with E-state index in [-0.39, 0.29) is 6.04 Å². The number of fused-ring (bicyclic) bond motifs is 1. The SMILES string of the molecule is COc1c(C)cnc(CC(N)C2C3CCCCC32)c1C. The molecule has 0 saturated heterocycles. The van der Waals surface area contributed by atoms with E-state index >= 15 is 0 Å². The number of hydrogen-bond acceptors (Lipinski definition) is 3. The Morgan fingerprint density at radius 3 is 2.55 bits per heavy atom. The topological polar surface area (TPSA) is 48.1 Å². The first-order valence-corrected chi connectivity index (χ1v) is 7.88. The van der Waals surface area contributed by atoms with Crippen LogP contribution in [0.25, 0.3) is 0 Å². The molecule has 3 unspecified atom stereocenters. The molecule has 110 valence electrons.